The van der Waals surface area contributed by atoms with E-state index in [2.05, 4.69) is 0 Å². The maximum Gasteiger partial charge on any atom is 0.0655 e. The van der Waals surface area contributed by atoms with Crippen LogP contribution < -0.4 is 5.73 Å². The zero-order valence-corrected chi connectivity index (χ0v) is 4.96. The van der Waals surface area contributed by atoms with Crippen molar-refractivity contribution in [2.75, 3.05) is 0 Å². The first-order chi connectivity index (χ1) is 3.70. The molecule has 0 spiro atoms. The summed E-state index contributed by atoms with van der Waals surface area (Å²) in [4.78, 5) is 0. The Balaban J connectivity index is 2.56. The van der Waals surface area contributed by atoms with Crippen LogP contribution in [0.5, 0.6) is 0 Å². The molecule has 1 rings (SSSR count). The lowest BCUT2D eigenvalue weighted by atomic mass is 10.1. The highest BCUT2D eigenvalue weighted by molar-refractivity contribution is 5.09. The second-order valence-corrected chi connectivity index (χ2v) is 2.37. The molecule has 3 N–H and O–H groups in total. The molecule has 2 heteroatoms. The van der Waals surface area contributed by atoms with Crippen molar-refractivity contribution in [3.63, 3.8) is 0 Å². The van der Waals surface area contributed by atoms with Gasteiger partial charge in [-0.15, -0.1) is 0 Å². The third-order valence-electron chi connectivity index (χ3n) is 1.53. The molecule has 2 nitrogen and oxygen atoms in total. The molecule has 2 atom stereocenters. The van der Waals surface area contributed by atoms with Crippen molar-refractivity contribution in [2.45, 2.75) is 19.4 Å². The molecule has 0 aliphatic heterocycles. The summed E-state index contributed by atoms with van der Waals surface area (Å²) in [6.07, 6.45) is 2.33. The predicted octanol–water partition coefficient (Wildman–Crippen LogP) is 0.230. The normalized spacial score (nSPS) is 37.5. The largest absolute Gasteiger partial charge is 0.402 e. The summed E-state index contributed by atoms with van der Waals surface area (Å²) in [5.41, 5.74) is 6.24. The van der Waals surface area contributed by atoms with E-state index in [0.29, 0.717) is 6.42 Å². The average molecular weight is 113 g/mol. The Labute approximate surface area is 49.0 Å². The van der Waals surface area contributed by atoms with Crippen molar-refractivity contribution in [1.29, 1.82) is 0 Å². The van der Waals surface area contributed by atoms with E-state index < -0.39 is 0 Å². The van der Waals surface area contributed by atoms with Crippen LogP contribution in [0.4, 0.5) is 0 Å². The Morgan fingerprint density at radius 3 is 2.62 bits per heavy atom. The summed E-state index contributed by atoms with van der Waals surface area (Å²) in [6.45, 7) is 1.96. The Hall–Kier alpha value is -0.500. The van der Waals surface area contributed by atoms with E-state index in [1.54, 1.807) is 0 Å². The summed E-state index contributed by atoms with van der Waals surface area (Å²) in [7, 11) is 0. The number of hydrogen-bond acceptors (Lipinski definition) is 2. The molecule has 46 valence electrons. The minimum absolute atomic E-state index is 0.227. The van der Waals surface area contributed by atoms with Crippen LogP contribution in [0, 0.1) is 5.92 Å². The van der Waals surface area contributed by atoms with Gasteiger partial charge in [-0.1, -0.05) is 13.0 Å². The van der Waals surface area contributed by atoms with Gasteiger partial charge < -0.3 is 10.8 Å². The second-order valence-electron chi connectivity index (χ2n) is 2.37. The standard InChI is InChI=1S/C6H11NO/c1-4-2-5(7)3-6(4)8/h2,4,6,8H,3,7H2,1H3. The van der Waals surface area contributed by atoms with Gasteiger partial charge in [0.1, 0.15) is 0 Å². The van der Waals surface area contributed by atoms with Gasteiger partial charge in [0.25, 0.3) is 0 Å². The zero-order valence-electron chi connectivity index (χ0n) is 4.96. The molecule has 0 saturated heterocycles. The van der Waals surface area contributed by atoms with Crippen LogP contribution in [0.2, 0.25) is 0 Å². The zero-order chi connectivity index (χ0) is 6.15. The first-order valence-electron chi connectivity index (χ1n) is 2.84. The highest BCUT2D eigenvalue weighted by Gasteiger charge is 2.18. The minimum Gasteiger partial charge on any atom is -0.402 e. The third-order valence-corrected chi connectivity index (χ3v) is 1.53. The fraction of sp³-hybridized carbons (Fsp3) is 0.667. The molecule has 0 aromatic heterocycles. The van der Waals surface area contributed by atoms with Gasteiger partial charge in [0.05, 0.1) is 6.10 Å². The summed E-state index contributed by atoms with van der Waals surface area (Å²) in [5.74, 6) is 0.259. The van der Waals surface area contributed by atoms with E-state index in [-0.39, 0.29) is 12.0 Å². The SMILES string of the molecule is CC1C=C(N)CC1O. The quantitative estimate of drug-likeness (QED) is 0.472. The van der Waals surface area contributed by atoms with Crippen LogP contribution >= 0.6 is 0 Å². The number of hydrogen-bond donors (Lipinski definition) is 2. The number of nitrogens with two attached hydrogens (primary N) is 1. The molecule has 0 aromatic rings. The van der Waals surface area contributed by atoms with Crippen molar-refractivity contribution in [1.82, 2.24) is 0 Å². The summed E-state index contributed by atoms with van der Waals surface area (Å²) in [6, 6.07) is 0. The lowest BCUT2D eigenvalue weighted by Crippen LogP contribution is -2.09. The highest BCUT2D eigenvalue weighted by Crippen LogP contribution is 2.19. The lowest BCUT2D eigenvalue weighted by Gasteiger charge is -2.04. The molecule has 1 aliphatic carbocycles. The van der Waals surface area contributed by atoms with Gasteiger partial charge in [-0.05, 0) is 0 Å². The van der Waals surface area contributed by atoms with E-state index in [1.165, 1.54) is 0 Å². The second kappa shape index (κ2) is 1.78. The molecule has 2 unspecified atom stereocenters. The Kier molecular flexibility index (Phi) is 1.26. The molecule has 0 amide bonds. The summed E-state index contributed by atoms with van der Waals surface area (Å²) >= 11 is 0. The van der Waals surface area contributed by atoms with Crippen LogP contribution in [0.1, 0.15) is 13.3 Å². The van der Waals surface area contributed by atoms with E-state index in [4.69, 9.17) is 10.8 Å². The molecular weight excluding hydrogens is 102 g/mol. The Morgan fingerprint density at radius 1 is 1.88 bits per heavy atom. The molecule has 0 aromatic carbocycles. The molecule has 1 aliphatic rings. The number of aliphatic hydroxyl groups excluding tert-OH is 1. The Morgan fingerprint density at radius 2 is 2.50 bits per heavy atom. The van der Waals surface area contributed by atoms with Gasteiger partial charge in [0, 0.05) is 18.0 Å². The van der Waals surface area contributed by atoms with E-state index in [0.717, 1.165) is 5.70 Å². The molecule has 0 saturated carbocycles. The molecule has 0 radical (unpaired) electrons. The van der Waals surface area contributed by atoms with Gasteiger partial charge >= 0.3 is 0 Å². The topological polar surface area (TPSA) is 46.2 Å². The van der Waals surface area contributed by atoms with Crippen LogP contribution in [-0.2, 0) is 0 Å². The van der Waals surface area contributed by atoms with Crippen LogP contribution in [0.3, 0.4) is 0 Å². The first-order valence-corrected chi connectivity index (χ1v) is 2.84. The molecule has 8 heavy (non-hydrogen) atoms. The van der Waals surface area contributed by atoms with Gasteiger partial charge in [-0.25, -0.2) is 0 Å². The monoisotopic (exact) mass is 113 g/mol. The van der Waals surface area contributed by atoms with E-state index >= 15 is 0 Å². The van der Waals surface area contributed by atoms with Crippen LogP contribution in [0.25, 0.3) is 0 Å². The van der Waals surface area contributed by atoms with Crippen molar-refractivity contribution in [2.24, 2.45) is 11.7 Å². The molecule has 0 fully saturated rings. The van der Waals surface area contributed by atoms with Gasteiger partial charge in [0.15, 0.2) is 0 Å². The number of rotatable bonds is 0. The highest BCUT2D eigenvalue weighted by atomic mass is 16.3. The fourth-order valence-electron chi connectivity index (χ4n) is 0.944. The molecule has 0 bridgehead atoms. The first kappa shape index (κ1) is 5.63. The van der Waals surface area contributed by atoms with Crippen molar-refractivity contribution in [3.05, 3.63) is 11.8 Å². The molecule has 0 heterocycles. The van der Waals surface area contributed by atoms with Crippen molar-refractivity contribution < 1.29 is 5.11 Å². The summed E-state index contributed by atoms with van der Waals surface area (Å²) in [5, 5.41) is 9.04. The van der Waals surface area contributed by atoms with Crippen LogP contribution in [0.15, 0.2) is 11.8 Å². The van der Waals surface area contributed by atoms with E-state index in [1.807, 2.05) is 13.0 Å². The predicted molar refractivity (Wildman–Crippen MR) is 32.1 cm³/mol. The third kappa shape index (κ3) is 0.842. The van der Waals surface area contributed by atoms with Crippen molar-refractivity contribution >= 4 is 0 Å². The van der Waals surface area contributed by atoms with Gasteiger partial charge in [-0.3, -0.25) is 0 Å². The average Bonchev–Trinajstić information content (AvgIpc) is 1.85. The minimum atomic E-state index is -0.227. The smallest absolute Gasteiger partial charge is 0.0655 e. The Bertz CT molecular complexity index is 120. The fourth-order valence-corrected chi connectivity index (χ4v) is 0.944. The van der Waals surface area contributed by atoms with Gasteiger partial charge in [0.2, 0.25) is 0 Å². The van der Waals surface area contributed by atoms with Gasteiger partial charge in [-0.2, -0.15) is 0 Å². The summed E-state index contributed by atoms with van der Waals surface area (Å²) < 4.78 is 0. The maximum atomic E-state index is 9.04. The van der Waals surface area contributed by atoms with Crippen molar-refractivity contribution in [3.8, 4) is 0 Å². The lowest BCUT2D eigenvalue weighted by molar-refractivity contribution is 0.149. The maximum absolute atomic E-state index is 9.04. The van der Waals surface area contributed by atoms with E-state index in [9.17, 15) is 0 Å². The number of aliphatic hydroxyl groups is 1. The van der Waals surface area contributed by atoms with Crippen LogP contribution in [-0.4, -0.2) is 11.2 Å². The molecular formula is C6H11NO.